The molecule has 2 atom stereocenters. The third-order valence-electron chi connectivity index (χ3n) is 13.3. The summed E-state index contributed by atoms with van der Waals surface area (Å²) in [6.45, 7) is 0. The first kappa shape index (κ1) is 35.6. The lowest BCUT2D eigenvalue weighted by Crippen LogP contribution is -2.32. The van der Waals surface area contributed by atoms with Gasteiger partial charge in [0.1, 0.15) is 11.5 Å². The predicted octanol–water partition coefficient (Wildman–Crippen LogP) is 13.7. The van der Waals surface area contributed by atoms with Crippen molar-refractivity contribution in [3.8, 4) is 67.9 Å². The van der Waals surface area contributed by atoms with Gasteiger partial charge in [0.25, 0.3) is 0 Å². The Kier molecular flexibility index (Phi) is 7.88. The van der Waals surface area contributed by atoms with Crippen molar-refractivity contribution in [1.29, 1.82) is 0 Å². The van der Waals surface area contributed by atoms with Crippen molar-refractivity contribution >= 4 is 11.4 Å². The summed E-state index contributed by atoms with van der Waals surface area (Å²) in [4.78, 5) is 17.7. The fraction of sp³-hybridized carbons (Fsp3) is 0.0517. The summed E-state index contributed by atoms with van der Waals surface area (Å²) in [5, 5.41) is 0. The Balaban J connectivity index is 0.969. The molecule has 2 unspecified atom stereocenters. The number of hydrogen-bond acceptors (Lipinski definition) is 5. The molecule has 1 spiro atoms. The number of benzene rings is 8. The molecule has 0 N–H and O–H groups in total. The van der Waals surface area contributed by atoms with E-state index in [1.54, 1.807) is 0 Å². The van der Waals surface area contributed by atoms with Crippen LogP contribution in [0.2, 0.25) is 0 Å². The number of hydrogen-bond donors (Lipinski definition) is 0. The number of rotatable bonds is 5. The van der Waals surface area contributed by atoms with E-state index < -0.39 is 5.41 Å². The quantitative estimate of drug-likeness (QED) is 0.173. The largest absolute Gasteiger partial charge is 0.457 e. The van der Waals surface area contributed by atoms with Crippen molar-refractivity contribution in [2.75, 3.05) is 4.90 Å². The van der Waals surface area contributed by atoms with Crippen LogP contribution in [0, 0.1) is 0 Å². The maximum Gasteiger partial charge on any atom is 0.164 e. The molecule has 0 fully saturated rings. The van der Waals surface area contributed by atoms with Crippen molar-refractivity contribution in [2.24, 2.45) is 0 Å². The van der Waals surface area contributed by atoms with E-state index in [-0.39, 0.29) is 12.0 Å². The van der Waals surface area contributed by atoms with E-state index in [1.165, 1.54) is 44.6 Å². The molecule has 5 nitrogen and oxygen atoms in total. The highest BCUT2D eigenvalue weighted by Crippen LogP contribution is 2.66. The van der Waals surface area contributed by atoms with Crippen LogP contribution in [-0.2, 0) is 5.41 Å². The van der Waals surface area contributed by atoms with Crippen LogP contribution in [-0.4, -0.2) is 21.0 Å². The normalized spacial score (nSPS) is 16.7. The minimum absolute atomic E-state index is 0.116. The van der Waals surface area contributed by atoms with Crippen LogP contribution < -0.4 is 9.64 Å². The summed E-state index contributed by atoms with van der Waals surface area (Å²) in [7, 11) is 0. The van der Waals surface area contributed by atoms with Crippen molar-refractivity contribution in [3.05, 3.63) is 246 Å². The lowest BCUT2D eigenvalue weighted by Gasteiger charge is -2.39. The molecule has 296 valence electrons. The van der Waals surface area contributed by atoms with Gasteiger partial charge in [0.15, 0.2) is 17.5 Å². The first-order chi connectivity index (χ1) is 31.3. The van der Waals surface area contributed by atoms with Crippen LogP contribution in [0.15, 0.2) is 218 Å². The van der Waals surface area contributed by atoms with E-state index in [1.807, 2.05) is 60.7 Å². The SMILES string of the molecule is C1=CC2c3ccc4c(c3N(c3ccc(-c5ccccc5-c5nc(-c6ccccc6)nc(-c6ccccc6)n5)cc3)C2C=C1)-c1ccccc1C41c2ccccc2Oc2ccccc21. The summed E-state index contributed by atoms with van der Waals surface area (Å²) in [5.41, 5.74) is 15.7. The third-order valence-corrected chi connectivity index (χ3v) is 13.3. The van der Waals surface area contributed by atoms with Gasteiger partial charge >= 0.3 is 0 Å². The van der Waals surface area contributed by atoms with Gasteiger partial charge < -0.3 is 9.64 Å². The smallest absolute Gasteiger partial charge is 0.164 e. The molecule has 0 radical (unpaired) electrons. The zero-order valence-electron chi connectivity index (χ0n) is 34.1. The second kappa shape index (κ2) is 13.9. The van der Waals surface area contributed by atoms with Gasteiger partial charge in [-0.1, -0.05) is 194 Å². The first-order valence-corrected chi connectivity index (χ1v) is 21.6. The average Bonchev–Trinajstić information content (AvgIpc) is 3.85. The topological polar surface area (TPSA) is 51.1 Å². The number of allylic oxidation sites excluding steroid dienone is 2. The molecule has 3 heterocycles. The van der Waals surface area contributed by atoms with E-state index in [4.69, 9.17) is 19.7 Å². The van der Waals surface area contributed by atoms with Crippen molar-refractivity contribution in [2.45, 2.75) is 17.4 Å². The van der Waals surface area contributed by atoms with E-state index in [9.17, 15) is 0 Å². The van der Waals surface area contributed by atoms with Crippen molar-refractivity contribution < 1.29 is 4.74 Å². The first-order valence-electron chi connectivity index (χ1n) is 21.6. The number of aromatic nitrogens is 3. The van der Waals surface area contributed by atoms with E-state index in [2.05, 4.69) is 163 Å². The summed E-state index contributed by atoms with van der Waals surface area (Å²) in [6.07, 6.45) is 9.15. The molecule has 8 aromatic carbocycles. The third kappa shape index (κ3) is 5.26. The molecule has 0 amide bonds. The van der Waals surface area contributed by atoms with Crippen LogP contribution in [0.4, 0.5) is 11.4 Å². The lowest BCUT2D eigenvalue weighted by molar-refractivity contribution is 0.436. The van der Waals surface area contributed by atoms with E-state index in [0.29, 0.717) is 17.5 Å². The molecular formula is C58H38N4O. The summed E-state index contributed by atoms with van der Waals surface area (Å²) in [6, 6.07) is 69.0. The average molecular weight is 807 g/mol. The Morgan fingerprint density at radius 3 is 1.62 bits per heavy atom. The van der Waals surface area contributed by atoms with Gasteiger partial charge in [0.2, 0.25) is 0 Å². The molecule has 0 bridgehead atoms. The van der Waals surface area contributed by atoms with Gasteiger partial charge in [-0.2, -0.15) is 0 Å². The molecule has 0 saturated heterocycles. The monoisotopic (exact) mass is 806 g/mol. The van der Waals surface area contributed by atoms with Crippen molar-refractivity contribution in [3.63, 3.8) is 0 Å². The molecule has 2 aliphatic carbocycles. The zero-order chi connectivity index (χ0) is 41.5. The Morgan fingerprint density at radius 1 is 0.413 bits per heavy atom. The molecule has 9 aromatic rings. The van der Waals surface area contributed by atoms with Gasteiger partial charge in [-0.05, 0) is 57.6 Å². The highest BCUT2D eigenvalue weighted by Gasteiger charge is 2.53. The fourth-order valence-corrected chi connectivity index (χ4v) is 10.7. The minimum Gasteiger partial charge on any atom is -0.457 e. The van der Waals surface area contributed by atoms with E-state index in [0.717, 1.165) is 45.0 Å². The number of ether oxygens (including phenoxy) is 1. The highest BCUT2D eigenvalue weighted by molar-refractivity contribution is 5.99. The zero-order valence-corrected chi connectivity index (χ0v) is 34.1. The van der Waals surface area contributed by atoms with E-state index >= 15 is 0 Å². The Bertz CT molecular complexity index is 3230. The minimum atomic E-state index is -0.541. The standard InChI is InChI=1S/C58H38N4O/c1-3-17-38(18-4-1)55-59-56(39-19-5-2-6-20-39)61-57(60-55)44-23-8-7-21-41(44)37-31-33-40(34-32-37)62-50-28-14-10-22-42(50)43-35-36-49-53(54(43)62)45-24-9-11-25-46(45)58(49)47-26-12-15-29-51(47)63-52-30-16-13-27-48(52)58/h1-36,42,50H. The molecule has 13 rings (SSSR count). The van der Waals surface area contributed by atoms with Gasteiger partial charge in [-0.3, -0.25) is 0 Å². The van der Waals surface area contributed by atoms with Crippen molar-refractivity contribution in [1.82, 2.24) is 15.0 Å². The summed E-state index contributed by atoms with van der Waals surface area (Å²) < 4.78 is 6.65. The number of fused-ring (bicyclic) bond motifs is 13. The maximum absolute atomic E-state index is 6.65. The predicted molar refractivity (Wildman–Crippen MR) is 252 cm³/mol. The molecule has 4 aliphatic rings. The maximum atomic E-state index is 6.65. The molecule has 1 aromatic heterocycles. The lowest BCUT2D eigenvalue weighted by atomic mass is 9.66. The van der Waals surface area contributed by atoms with Crippen LogP contribution in [0.3, 0.4) is 0 Å². The Morgan fingerprint density at radius 2 is 0.952 bits per heavy atom. The van der Waals surface area contributed by atoms with Crippen LogP contribution in [0.1, 0.15) is 33.7 Å². The fourth-order valence-electron chi connectivity index (χ4n) is 10.7. The van der Waals surface area contributed by atoms with Gasteiger partial charge in [0, 0.05) is 45.0 Å². The Labute approximate surface area is 366 Å². The van der Waals surface area contributed by atoms with Gasteiger partial charge in [0.05, 0.1) is 17.1 Å². The molecule has 5 heteroatoms. The number of anilines is 2. The molecule has 0 saturated carbocycles. The van der Waals surface area contributed by atoms with Gasteiger partial charge in [-0.15, -0.1) is 0 Å². The number of nitrogens with zero attached hydrogens (tertiary/aromatic N) is 4. The number of para-hydroxylation sites is 2. The molecule has 63 heavy (non-hydrogen) atoms. The van der Waals surface area contributed by atoms with Crippen LogP contribution >= 0.6 is 0 Å². The van der Waals surface area contributed by atoms with Gasteiger partial charge in [-0.25, -0.2) is 15.0 Å². The second-order valence-corrected chi connectivity index (χ2v) is 16.6. The summed E-state index contributed by atoms with van der Waals surface area (Å²) >= 11 is 0. The Hall–Kier alpha value is -8.15. The molecular weight excluding hydrogens is 769 g/mol. The highest BCUT2D eigenvalue weighted by atomic mass is 16.5. The van der Waals surface area contributed by atoms with Crippen LogP contribution in [0.5, 0.6) is 11.5 Å². The second-order valence-electron chi connectivity index (χ2n) is 16.6. The molecule has 2 aliphatic heterocycles. The van der Waals surface area contributed by atoms with Crippen LogP contribution in [0.25, 0.3) is 56.4 Å². The summed E-state index contributed by atoms with van der Waals surface area (Å²) in [5.74, 6) is 3.93.